The molecule has 2 heterocycles. The number of benzene rings is 1. The van der Waals surface area contributed by atoms with E-state index < -0.39 is 0 Å². The van der Waals surface area contributed by atoms with Crippen LogP contribution in [0.5, 0.6) is 0 Å². The Labute approximate surface area is 143 Å². The molecule has 0 amide bonds. The minimum Gasteiger partial charge on any atom is -0.381 e. The second-order valence-electron chi connectivity index (χ2n) is 6.98. The van der Waals surface area contributed by atoms with Gasteiger partial charge in [0.1, 0.15) is 5.69 Å². The summed E-state index contributed by atoms with van der Waals surface area (Å²) in [6.07, 6.45) is 6.93. The summed E-state index contributed by atoms with van der Waals surface area (Å²) < 4.78 is 7.50. The third-order valence-corrected chi connectivity index (χ3v) is 4.74. The monoisotopic (exact) mass is 321 g/mol. The van der Waals surface area contributed by atoms with Crippen molar-refractivity contribution in [2.24, 2.45) is 11.8 Å². The van der Waals surface area contributed by atoms with Crippen LogP contribution >= 0.6 is 0 Å². The molecule has 1 aromatic carbocycles. The first-order valence-corrected chi connectivity index (χ1v) is 8.88. The number of nitrogens with zero attached hydrogens (tertiary/aromatic N) is 3. The van der Waals surface area contributed by atoms with Crippen molar-refractivity contribution in [3.8, 4) is 23.1 Å². The number of hydrogen-bond donors (Lipinski definition) is 0. The molecule has 0 spiro atoms. The Kier molecular flexibility index (Phi) is 4.36. The quantitative estimate of drug-likeness (QED) is 0.813. The van der Waals surface area contributed by atoms with E-state index in [1.165, 1.54) is 24.8 Å². The summed E-state index contributed by atoms with van der Waals surface area (Å²) >= 11 is 0. The zero-order chi connectivity index (χ0) is 16.4. The van der Waals surface area contributed by atoms with Gasteiger partial charge < -0.3 is 4.74 Å². The van der Waals surface area contributed by atoms with E-state index in [1.807, 2.05) is 10.9 Å². The van der Waals surface area contributed by atoms with Crippen molar-refractivity contribution in [3.05, 3.63) is 35.5 Å². The largest absolute Gasteiger partial charge is 0.381 e. The number of aromatic nitrogens is 3. The molecule has 4 nitrogen and oxygen atoms in total. The first kappa shape index (κ1) is 15.4. The lowest BCUT2D eigenvalue weighted by Gasteiger charge is -2.21. The molecule has 124 valence electrons. The van der Waals surface area contributed by atoms with Crippen molar-refractivity contribution in [3.63, 3.8) is 0 Å². The summed E-state index contributed by atoms with van der Waals surface area (Å²) in [5, 5.41) is 8.66. The van der Waals surface area contributed by atoms with Gasteiger partial charge >= 0.3 is 0 Å². The molecule has 0 radical (unpaired) electrons. The van der Waals surface area contributed by atoms with Gasteiger partial charge in [0.05, 0.1) is 12.8 Å². The van der Waals surface area contributed by atoms with Crippen molar-refractivity contribution >= 4 is 0 Å². The van der Waals surface area contributed by atoms with E-state index >= 15 is 0 Å². The molecule has 2 fully saturated rings. The molecule has 1 aliphatic carbocycles. The van der Waals surface area contributed by atoms with Gasteiger partial charge in [-0.15, -0.1) is 5.10 Å². The first-order chi connectivity index (χ1) is 11.8. The predicted molar refractivity (Wildman–Crippen MR) is 93.3 cm³/mol. The van der Waals surface area contributed by atoms with Crippen molar-refractivity contribution in [1.82, 2.24) is 15.0 Å². The van der Waals surface area contributed by atoms with Crippen LogP contribution in [0.4, 0.5) is 0 Å². The van der Waals surface area contributed by atoms with Gasteiger partial charge in [0.2, 0.25) is 0 Å². The number of aryl methyl sites for hydroxylation is 1. The van der Waals surface area contributed by atoms with Crippen molar-refractivity contribution in [2.75, 3.05) is 13.2 Å². The average Bonchev–Trinajstić information content (AvgIpc) is 3.32. The van der Waals surface area contributed by atoms with E-state index in [0.29, 0.717) is 11.8 Å². The fourth-order valence-electron chi connectivity index (χ4n) is 3.17. The maximum absolute atomic E-state index is 5.55. The molecule has 1 saturated carbocycles. The van der Waals surface area contributed by atoms with Gasteiger partial charge in [-0.3, -0.25) is 4.68 Å². The van der Waals surface area contributed by atoms with Crippen LogP contribution in [-0.2, 0) is 11.3 Å². The normalized spacial score (nSPS) is 20.5. The Balaban J connectivity index is 1.48. The predicted octanol–water partition coefficient (Wildman–Crippen LogP) is 3.44. The summed E-state index contributed by atoms with van der Waals surface area (Å²) in [5.41, 5.74) is 4.37. The molecule has 1 unspecified atom stereocenters. The van der Waals surface area contributed by atoms with Crippen LogP contribution in [-0.4, -0.2) is 28.2 Å². The minimum atomic E-state index is 0.550. The highest BCUT2D eigenvalue weighted by Crippen LogP contribution is 2.28. The molecule has 24 heavy (non-hydrogen) atoms. The maximum Gasteiger partial charge on any atom is 0.113 e. The van der Waals surface area contributed by atoms with Crippen LogP contribution in [0.15, 0.2) is 24.4 Å². The fraction of sp³-hybridized carbons (Fsp3) is 0.500. The molecular formula is C20H23N3O. The maximum atomic E-state index is 5.55. The number of ether oxygens (including phenoxy) is 1. The van der Waals surface area contributed by atoms with E-state index in [9.17, 15) is 0 Å². The average molecular weight is 321 g/mol. The second-order valence-corrected chi connectivity index (χ2v) is 6.98. The lowest BCUT2D eigenvalue weighted by Crippen LogP contribution is -2.22. The molecule has 1 aliphatic heterocycles. The highest BCUT2D eigenvalue weighted by molar-refractivity contribution is 5.64. The summed E-state index contributed by atoms with van der Waals surface area (Å²) in [5.74, 6) is 7.78. The lowest BCUT2D eigenvalue weighted by atomic mass is 10.0. The van der Waals surface area contributed by atoms with Crippen LogP contribution in [0.25, 0.3) is 11.3 Å². The Morgan fingerprint density at radius 1 is 1.29 bits per heavy atom. The molecule has 2 aliphatic rings. The van der Waals surface area contributed by atoms with Crippen molar-refractivity contribution < 1.29 is 4.74 Å². The van der Waals surface area contributed by atoms with Crippen molar-refractivity contribution in [1.29, 1.82) is 0 Å². The molecule has 0 N–H and O–H groups in total. The van der Waals surface area contributed by atoms with Crippen LogP contribution in [0.2, 0.25) is 0 Å². The topological polar surface area (TPSA) is 39.9 Å². The van der Waals surface area contributed by atoms with Gasteiger partial charge in [-0.2, -0.15) is 0 Å². The van der Waals surface area contributed by atoms with Gasteiger partial charge in [0.25, 0.3) is 0 Å². The van der Waals surface area contributed by atoms with Gasteiger partial charge in [-0.05, 0) is 50.3 Å². The smallest absolute Gasteiger partial charge is 0.113 e. The zero-order valence-electron chi connectivity index (χ0n) is 14.2. The van der Waals surface area contributed by atoms with Gasteiger partial charge in [-0.1, -0.05) is 23.1 Å². The molecule has 1 saturated heterocycles. The van der Waals surface area contributed by atoms with E-state index in [1.54, 1.807) is 0 Å². The molecular weight excluding hydrogens is 298 g/mol. The highest BCUT2D eigenvalue weighted by atomic mass is 16.5. The molecule has 4 heteroatoms. The molecule has 2 aromatic rings. The van der Waals surface area contributed by atoms with Gasteiger partial charge in [-0.25, -0.2) is 0 Å². The molecule has 0 bridgehead atoms. The Morgan fingerprint density at radius 3 is 2.96 bits per heavy atom. The summed E-state index contributed by atoms with van der Waals surface area (Å²) in [6, 6.07) is 6.36. The Bertz CT molecular complexity index is 774. The van der Waals surface area contributed by atoms with Crippen LogP contribution < -0.4 is 0 Å². The Hall–Kier alpha value is -2.12. The van der Waals surface area contributed by atoms with Gasteiger partial charge in [0, 0.05) is 36.1 Å². The standard InChI is InChI=1S/C20H23N3O/c1-15-11-17(7-6-16-4-5-16)8-9-19(15)20-13-23(22-21-20)12-18-3-2-10-24-14-18/h8-9,11,13,16,18H,2-5,10,12,14H2,1H3. The van der Waals surface area contributed by atoms with Crippen LogP contribution in [0, 0.1) is 30.6 Å². The van der Waals surface area contributed by atoms with Crippen LogP contribution in [0.3, 0.4) is 0 Å². The third kappa shape index (κ3) is 3.68. The second kappa shape index (κ2) is 6.78. The lowest BCUT2D eigenvalue weighted by molar-refractivity contribution is 0.0468. The molecule has 1 aromatic heterocycles. The minimum absolute atomic E-state index is 0.550. The van der Waals surface area contributed by atoms with Crippen molar-refractivity contribution in [2.45, 2.75) is 39.2 Å². The highest BCUT2D eigenvalue weighted by Gasteiger charge is 2.18. The summed E-state index contributed by atoms with van der Waals surface area (Å²) in [7, 11) is 0. The molecule has 4 rings (SSSR count). The first-order valence-electron chi connectivity index (χ1n) is 8.88. The fourth-order valence-corrected chi connectivity index (χ4v) is 3.17. The summed E-state index contributed by atoms with van der Waals surface area (Å²) in [6.45, 7) is 4.74. The van der Waals surface area contributed by atoms with Crippen LogP contribution in [0.1, 0.15) is 36.8 Å². The van der Waals surface area contributed by atoms with Gasteiger partial charge in [0.15, 0.2) is 0 Å². The zero-order valence-corrected chi connectivity index (χ0v) is 14.2. The SMILES string of the molecule is Cc1cc(C#CC2CC2)ccc1-c1cn(CC2CCCOC2)nn1. The van der Waals surface area contributed by atoms with E-state index in [0.717, 1.165) is 43.0 Å². The van der Waals surface area contributed by atoms with E-state index in [-0.39, 0.29) is 0 Å². The van der Waals surface area contributed by atoms with E-state index in [4.69, 9.17) is 4.74 Å². The molecule has 1 atom stereocenters. The summed E-state index contributed by atoms with van der Waals surface area (Å²) in [4.78, 5) is 0. The number of hydrogen-bond acceptors (Lipinski definition) is 3. The van der Waals surface area contributed by atoms with E-state index in [2.05, 4.69) is 47.3 Å². The third-order valence-electron chi connectivity index (χ3n) is 4.74. The Morgan fingerprint density at radius 2 is 2.21 bits per heavy atom. The number of rotatable bonds is 3.